The van der Waals surface area contributed by atoms with E-state index in [1.165, 1.54) is 25.0 Å². The summed E-state index contributed by atoms with van der Waals surface area (Å²) in [6, 6.07) is 3.82. The van der Waals surface area contributed by atoms with E-state index in [2.05, 4.69) is 16.9 Å². The van der Waals surface area contributed by atoms with Crippen molar-refractivity contribution in [1.82, 2.24) is 4.57 Å². The van der Waals surface area contributed by atoms with Gasteiger partial charge in [-0.25, -0.2) is 0 Å². The number of hydrogen-bond acceptors (Lipinski definition) is 1. The Bertz CT molecular complexity index is 681. The summed E-state index contributed by atoms with van der Waals surface area (Å²) >= 11 is 0. The van der Waals surface area contributed by atoms with Gasteiger partial charge in [-0.2, -0.15) is 13.2 Å². The van der Waals surface area contributed by atoms with Gasteiger partial charge in [-0.1, -0.05) is 24.9 Å². The molecule has 4 nitrogen and oxygen atoms in total. The van der Waals surface area contributed by atoms with Crippen molar-refractivity contribution in [2.24, 2.45) is 5.11 Å². The predicted octanol–water partition coefficient (Wildman–Crippen LogP) is 5.45. The zero-order chi connectivity index (χ0) is 15.5. The summed E-state index contributed by atoms with van der Waals surface area (Å²) < 4.78 is 38.6. The SMILES string of the molecule is CCCCCN=[N+]=[N-].FC(F)(F)c1ccc2c(c1)c1cn2-1. The number of benzene rings is 1. The molecule has 0 fully saturated rings. The van der Waals surface area contributed by atoms with Crippen molar-refractivity contribution < 1.29 is 13.2 Å². The molecule has 2 heterocycles. The van der Waals surface area contributed by atoms with Crippen molar-refractivity contribution >= 4 is 10.9 Å². The first-order valence-corrected chi connectivity index (χ1v) is 6.72. The van der Waals surface area contributed by atoms with E-state index in [0.29, 0.717) is 6.54 Å². The fourth-order valence-corrected chi connectivity index (χ4v) is 2.04. The van der Waals surface area contributed by atoms with Gasteiger partial charge in [0.25, 0.3) is 0 Å². The van der Waals surface area contributed by atoms with Gasteiger partial charge in [0.2, 0.25) is 0 Å². The highest BCUT2D eigenvalue weighted by molar-refractivity contribution is 6.00. The molecule has 2 aliphatic heterocycles. The summed E-state index contributed by atoms with van der Waals surface area (Å²) in [6.07, 6.45) is 0.969. The van der Waals surface area contributed by atoms with Crippen molar-refractivity contribution in [3.8, 4) is 5.69 Å². The highest BCUT2D eigenvalue weighted by Gasteiger charge is 2.33. The number of hydrogen-bond donors (Lipinski definition) is 0. The minimum Gasteiger partial charge on any atom is -0.312 e. The Kier molecular flexibility index (Phi) is 4.43. The number of azide groups is 1. The van der Waals surface area contributed by atoms with Crippen molar-refractivity contribution in [2.75, 3.05) is 6.54 Å². The normalized spacial score (nSPS) is 11.6. The van der Waals surface area contributed by atoms with Crippen LogP contribution in [-0.2, 0) is 6.18 Å². The van der Waals surface area contributed by atoms with Gasteiger partial charge in [0, 0.05) is 23.0 Å². The van der Waals surface area contributed by atoms with E-state index in [1.54, 1.807) is 0 Å². The van der Waals surface area contributed by atoms with Gasteiger partial charge in [-0.05, 0) is 30.2 Å². The molecule has 1 aromatic rings. The first-order valence-electron chi connectivity index (χ1n) is 6.72. The van der Waals surface area contributed by atoms with Crippen LogP contribution in [0.15, 0.2) is 29.5 Å². The van der Waals surface area contributed by atoms with Gasteiger partial charge in [0.05, 0.1) is 16.8 Å². The van der Waals surface area contributed by atoms with E-state index in [9.17, 15) is 13.2 Å². The van der Waals surface area contributed by atoms with Gasteiger partial charge in [-0.3, -0.25) is 0 Å². The molecular weight excluding hydrogens is 281 g/mol. The molecule has 1 aromatic carbocycles. The number of rotatable bonds is 4. The van der Waals surface area contributed by atoms with Crippen LogP contribution in [0.3, 0.4) is 0 Å². The second-order valence-electron chi connectivity index (χ2n) is 4.78. The smallest absolute Gasteiger partial charge is 0.312 e. The quantitative estimate of drug-likeness (QED) is 0.266. The third kappa shape index (κ3) is 3.49. The lowest BCUT2D eigenvalue weighted by Gasteiger charge is -2.10. The molecule has 2 aliphatic rings. The number of aromatic nitrogens is 1. The first-order chi connectivity index (χ1) is 9.99. The summed E-state index contributed by atoms with van der Waals surface area (Å²) in [5.74, 6) is 0. The van der Waals surface area contributed by atoms with Gasteiger partial charge in [-0.15, -0.1) is 0 Å². The van der Waals surface area contributed by atoms with Crippen LogP contribution in [0.5, 0.6) is 0 Å². The van der Waals surface area contributed by atoms with E-state index < -0.39 is 11.7 Å². The number of nitrogens with zero attached hydrogens (tertiary/aromatic N) is 4. The van der Waals surface area contributed by atoms with Crippen LogP contribution in [0.2, 0.25) is 0 Å². The highest BCUT2D eigenvalue weighted by atomic mass is 19.4. The molecule has 0 aliphatic carbocycles. The Balaban J connectivity index is 0.000000177. The Labute approximate surface area is 119 Å². The molecule has 7 heteroatoms. The lowest BCUT2D eigenvalue weighted by Crippen LogP contribution is -2.05. The zero-order valence-electron chi connectivity index (χ0n) is 11.6. The van der Waals surface area contributed by atoms with Crippen LogP contribution in [0, 0.1) is 0 Å². The second kappa shape index (κ2) is 6.10. The summed E-state index contributed by atoms with van der Waals surface area (Å²) in [6.45, 7) is 2.78. The van der Waals surface area contributed by atoms with Crippen LogP contribution in [-0.4, -0.2) is 11.1 Å². The number of unbranched alkanes of at least 4 members (excludes halogenated alkanes) is 2. The fraction of sp³-hybridized carbons (Fsp3) is 0.429. The molecule has 0 saturated heterocycles. The molecule has 0 aromatic heterocycles. The Hall–Kier alpha value is -2.14. The minimum absolute atomic E-state index is 0.571. The number of alkyl halides is 3. The molecule has 0 atom stereocenters. The Morgan fingerprint density at radius 2 is 2.05 bits per heavy atom. The largest absolute Gasteiger partial charge is 0.416 e. The van der Waals surface area contributed by atoms with Crippen LogP contribution in [0.1, 0.15) is 31.7 Å². The lowest BCUT2D eigenvalue weighted by atomic mass is 10.1. The van der Waals surface area contributed by atoms with Crippen molar-refractivity contribution in [3.63, 3.8) is 0 Å². The average Bonchev–Trinajstić information content (AvgIpc) is 3.15. The van der Waals surface area contributed by atoms with E-state index in [4.69, 9.17) is 5.53 Å². The topological polar surface area (TPSA) is 53.7 Å². The molecule has 0 amide bonds. The van der Waals surface area contributed by atoms with Gasteiger partial charge in [0.15, 0.2) is 0 Å². The Morgan fingerprint density at radius 1 is 1.29 bits per heavy atom. The van der Waals surface area contributed by atoms with Gasteiger partial charge >= 0.3 is 6.18 Å². The third-order valence-corrected chi connectivity index (χ3v) is 3.23. The molecule has 0 radical (unpaired) electrons. The van der Waals surface area contributed by atoms with Crippen LogP contribution >= 0.6 is 0 Å². The summed E-state index contributed by atoms with van der Waals surface area (Å²) in [5, 5.41) is 4.11. The van der Waals surface area contributed by atoms with E-state index >= 15 is 0 Å². The van der Waals surface area contributed by atoms with E-state index in [-0.39, 0.29) is 0 Å². The van der Waals surface area contributed by atoms with E-state index in [1.807, 2.05) is 10.8 Å². The van der Waals surface area contributed by atoms with Crippen LogP contribution in [0.4, 0.5) is 13.2 Å². The first kappa shape index (κ1) is 15.3. The molecule has 0 spiro atoms. The van der Waals surface area contributed by atoms with Gasteiger partial charge in [0.1, 0.15) is 0 Å². The molecule has 0 N–H and O–H groups in total. The van der Waals surface area contributed by atoms with Crippen molar-refractivity contribution in [2.45, 2.75) is 32.4 Å². The van der Waals surface area contributed by atoms with Crippen LogP contribution in [0.25, 0.3) is 27.0 Å². The predicted molar refractivity (Wildman–Crippen MR) is 75.4 cm³/mol. The number of halogens is 3. The Morgan fingerprint density at radius 3 is 2.67 bits per heavy atom. The molecular formula is C14H15F3N4. The minimum atomic E-state index is -4.23. The van der Waals surface area contributed by atoms with Crippen LogP contribution < -0.4 is 0 Å². The van der Waals surface area contributed by atoms with Gasteiger partial charge < -0.3 is 4.57 Å². The maximum absolute atomic E-state index is 12.2. The molecule has 0 unspecified atom stereocenters. The summed E-state index contributed by atoms with van der Waals surface area (Å²) in [7, 11) is 0. The highest BCUT2D eigenvalue weighted by Crippen LogP contribution is 2.41. The number of fused-ring (bicyclic) bond motifs is 4. The summed E-state index contributed by atoms with van der Waals surface area (Å²) in [4.78, 5) is 2.63. The van der Waals surface area contributed by atoms with E-state index in [0.717, 1.165) is 29.1 Å². The molecule has 112 valence electrons. The average molecular weight is 296 g/mol. The maximum Gasteiger partial charge on any atom is 0.416 e. The summed E-state index contributed by atoms with van der Waals surface area (Å²) in [5.41, 5.74) is 9.05. The monoisotopic (exact) mass is 296 g/mol. The van der Waals surface area contributed by atoms with Crippen molar-refractivity contribution in [1.29, 1.82) is 0 Å². The molecule has 21 heavy (non-hydrogen) atoms. The molecule has 0 bridgehead atoms. The fourth-order valence-electron chi connectivity index (χ4n) is 2.04. The molecule has 3 rings (SSSR count). The second-order valence-corrected chi connectivity index (χ2v) is 4.78. The standard InChI is InChI=1S/C9H4F3N.C5H11N3/c10-9(11,12)5-1-2-7-6(3-5)8-4-13(7)8;1-2-3-4-5-7-8-6/h1-4H;2-5H2,1H3. The van der Waals surface area contributed by atoms with Crippen molar-refractivity contribution in [3.05, 3.63) is 40.4 Å². The third-order valence-electron chi connectivity index (χ3n) is 3.23. The molecule has 0 saturated carbocycles. The lowest BCUT2D eigenvalue weighted by molar-refractivity contribution is -0.137. The zero-order valence-corrected chi connectivity index (χ0v) is 11.6. The maximum atomic E-state index is 12.2.